The van der Waals surface area contributed by atoms with Gasteiger partial charge in [0.25, 0.3) is 0 Å². The summed E-state index contributed by atoms with van der Waals surface area (Å²) in [4.78, 5) is 11.6. The molecule has 1 aromatic rings. The third kappa shape index (κ3) is 3.64. The molecule has 0 saturated heterocycles. The minimum absolute atomic E-state index is 0.307. The van der Waals surface area contributed by atoms with Crippen LogP contribution in [-0.2, 0) is 20.7 Å². The Hall–Kier alpha value is -1.81. The molecule has 4 nitrogen and oxygen atoms in total. The summed E-state index contributed by atoms with van der Waals surface area (Å²) in [6, 6.07) is 1.95. The summed E-state index contributed by atoms with van der Waals surface area (Å²) >= 11 is 0. The third-order valence-corrected chi connectivity index (χ3v) is 3.54. The minimum Gasteiger partial charge on any atom is -0.469 e. The second kappa shape index (κ2) is 6.31. The summed E-state index contributed by atoms with van der Waals surface area (Å²) in [7, 11) is 0. The highest BCUT2D eigenvalue weighted by molar-refractivity contribution is 5.90. The van der Waals surface area contributed by atoms with E-state index in [1.165, 1.54) is 0 Å². The Kier molecular flexibility index (Phi) is 4.68. The van der Waals surface area contributed by atoms with Crippen molar-refractivity contribution >= 4 is 5.97 Å². The number of cyclic esters (lactones) is 1. The highest BCUT2D eigenvalue weighted by Crippen LogP contribution is 2.32. The van der Waals surface area contributed by atoms with Crippen molar-refractivity contribution in [2.24, 2.45) is 0 Å². The van der Waals surface area contributed by atoms with E-state index in [-0.39, 0.29) is 5.97 Å². The first-order valence-corrected chi connectivity index (χ1v) is 7.21. The average Bonchev–Trinajstić information content (AvgIpc) is 2.92. The molecule has 114 valence electrons. The van der Waals surface area contributed by atoms with E-state index >= 15 is 0 Å². The molecule has 1 aliphatic rings. The van der Waals surface area contributed by atoms with E-state index in [0.717, 1.165) is 23.3 Å². The SMILES string of the molecule is CCOC1(CC(C)=CCc2occc2C)C=C(C)C(=O)O1. The fourth-order valence-corrected chi connectivity index (χ4v) is 2.45. The Balaban J connectivity index is 2.07. The van der Waals surface area contributed by atoms with Crippen LogP contribution in [0.4, 0.5) is 0 Å². The van der Waals surface area contributed by atoms with E-state index in [0.29, 0.717) is 18.6 Å². The van der Waals surface area contributed by atoms with Gasteiger partial charge in [-0.3, -0.25) is 0 Å². The number of ether oxygens (including phenoxy) is 2. The predicted octanol–water partition coefficient (Wildman–Crippen LogP) is 3.70. The molecule has 1 unspecified atom stereocenters. The first-order valence-electron chi connectivity index (χ1n) is 7.21. The smallest absolute Gasteiger partial charge is 0.336 e. The number of esters is 1. The maximum absolute atomic E-state index is 11.6. The van der Waals surface area contributed by atoms with Crippen molar-refractivity contribution in [1.82, 2.24) is 0 Å². The van der Waals surface area contributed by atoms with Gasteiger partial charge in [0.05, 0.1) is 6.26 Å². The lowest BCUT2D eigenvalue weighted by molar-refractivity contribution is -0.195. The predicted molar refractivity (Wildman–Crippen MR) is 79.7 cm³/mol. The fourth-order valence-electron chi connectivity index (χ4n) is 2.45. The molecule has 0 amide bonds. The molecule has 0 bridgehead atoms. The number of aryl methyl sites for hydroxylation is 1. The van der Waals surface area contributed by atoms with Crippen LogP contribution in [0, 0.1) is 6.92 Å². The number of hydrogen-bond acceptors (Lipinski definition) is 4. The van der Waals surface area contributed by atoms with E-state index < -0.39 is 5.79 Å². The van der Waals surface area contributed by atoms with Gasteiger partial charge in [-0.2, -0.15) is 0 Å². The number of hydrogen-bond donors (Lipinski definition) is 0. The first-order chi connectivity index (χ1) is 9.96. The van der Waals surface area contributed by atoms with E-state index in [1.54, 1.807) is 19.3 Å². The molecule has 2 heterocycles. The van der Waals surface area contributed by atoms with Gasteiger partial charge < -0.3 is 13.9 Å². The first kappa shape index (κ1) is 15.6. The molecule has 2 rings (SSSR count). The standard InChI is InChI=1S/C17H22O4/c1-5-20-17(11-14(4)16(18)21-17)10-12(2)6-7-15-13(3)8-9-19-15/h6,8-9,11H,5,7,10H2,1-4H3. The maximum Gasteiger partial charge on any atom is 0.336 e. The summed E-state index contributed by atoms with van der Waals surface area (Å²) in [6.45, 7) is 8.15. The van der Waals surface area contributed by atoms with E-state index in [2.05, 4.69) is 6.08 Å². The number of rotatable bonds is 6. The zero-order chi connectivity index (χ0) is 15.5. The zero-order valence-electron chi connectivity index (χ0n) is 13.1. The van der Waals surface area contributed by atoms with Gasteiger partial charge in [0.2, 0.25) is 5.79 Å². The van der Waals surface area contributed by atoms with Crippen LogP contribution in [0.3, 0.4) is 0 Å². The summed E-state index contributed by atoms with van der Waals surface area (Å²) in [6.07, 6.45) is 6.81. The zero-order valence-corrected chi connectivity index (χ0v) is 13.1. The van der Waals surface area contributed by atoms with Gasteiger partial charge in [-0.1, -0.05) is 11.6 Å². The summed E-state index contributed by atoms with van der Waals surface area (Å²) in [5, 5.41) is 0. The van der Waals surface area contributed by atoms with Crippen LogP contribution < -0.4 is 0 Å². The molecular weight excluding hydrogens is 268 g/mol. The largest absolute Gasteiger partial charge is 0.469 e. The number of carbonyl (C=O) groups is 1. The third-order valence-electron chi connectivity index (χ3n) is 3.54. The second-order valence-corrected chi connectivity index (χ2v) is 5.42. The van der Waals surface area contributed by atoms with Crippen molar-refractivity contribution in [2.45, 2.75) is 46.3 Å². The van der Waals surface area contributed by atoms with Crippen molar-refractivity contribution in [3.05, 3.63) is 47.0 Å². The maximum atomic E-state index is 11.6. The number of allylic oxidation sites excluding steroid dienone is 1. The van der Waals surface area contributed by atoms with Gasteiger partial charge in [-0.15, -0.1) is 0 Å². The van der Waals surface area contributed by atoms with Crippen molar-refractivity contribution in [3.8, 4) is 0 Å². The molecule has 4 heteroatoms. The Morgan fingerprint density at radius 2 is 2.19 bits per heavy atom. The summed E-state index contributed by atoms with van der Waals surface area (Å²) in [5.41, 5.74) is 2.83. The van der Waals surface area contributed by atoms with E-state index in [4.69, 9.17) is 13.9 Å². The highest BCUT2D eigenvalue weighted by atomic mass is 16.7. The monoisotopic (exact) mass is 290 g/mol. The normalized spacial score (nSPS) is 22.4. The van der Waals surface area contributed by atoms with Crippen LogP contribution in [0.25, 0.3) is 0 Å². The van der Waals surface area contributed by atoms with Gasteiger partial charge in [0, 0.05) is 25.0 Å². The van der Waals surface area contributed by atoms with Crippen LogP contribution in [0.15, 0.2) is 40.0 Å². The molecule has 21 heavy (non-hydrogen) atoms. The van der Waals surface area contributed by atoms with Crippen molar-refractivity contribution in [3.63, 3.8) is 0 Å². The molecule has 0 radical (unpaired) electrons. The molecule has 1 atom stereocenters. The summed E-state index contributed by atoms with van der Waals surface area (Å²) in [5.74, 6) is -0.303. The molecule has 0 aromatic carbocycles. The second-order valence-electron chi connectivity index (χ2n) is 5.42. The minimum atomic E-state index is -0.950. The van der Waals surface area contributed by atoms with Crippen molar-refractivity contribution in [2.75, 3.05) is 6.61 Å². The number of carbonyl (C=O) groups excluding carboxylic acids is 1. The molecular formula is C17H22O4. The van der Waals surface area contributed by atoms with E-state index in [1.807, 2.05) is 26.8 Å². The van der Waals surface area contributed by atoms with Gasteiger partial charge in [-0.25, -0.2) is 4.79 Å². The van der Waals surface area contributed by atoms with Crippen LogP contribution in [0.1, 0.15) is 38.5 Å². The molecule has 1 aromatic heterocycles. The van der Waals surface area contributed by atoms with Crippen molar-refractivity contribution < 1.29 is 18.7 Å². The Morgan fingerprint density at radius 1 is 1.43 bits per heavy atom. The van der Waals surface area contributed by atoms with Crippen LogP contribution in [0.5, 0.6) is 0 Å². The molecule has 0 fully saturated rings. The fraction of sp³-hybridized carbons (Fsp3) is 0.471. The lowest BCUT2D eigenvalue weighted by Crippen LogP contribution is -2.32. The highest BCUT2D eigenvalue weighted by Gasteiger charge is 2.39. The summed E-state index contributed by atoms with van der Waals surface area (Å²) < 4.78 is 16.5. The number of furan rings is 1. The van der Waals surface area contributed by atoms with Crippen LogP contribution >= 0.6 is 0 Å². The van der Waals surface area contributed by atoms with Gasteiger partial charge >= 0.3 is 5.97 Å². The van der Waals surface area contributed by atoms with Gasteiger partial charge in [0.15, 0.2) is 0 Å². The molecule has 0 aliphatic carbocycles. The lowest BCUT2D eigenvalue weighted by Gasteiger charge is -2.26. The Labute approximate surface area is 125 Å². The Morgan fingerprint density at radius 3 is 2.71 bits per heavy atom. The van der Waals surface area contributed by atoms with E-state index in [9.17, 15) is 4.79 Å². The van der Waals surface area contributed by atoms with Crippen molar-refractivity contribution in [1.29, 1.82) is 0 Å². The quantitative estimate of drug-likeness (QED) is 0.592. The van der Waals surface area contributed by atoms with Gasteiger partial charge in [-0.05, 0) is 45.4 Å². The average molecular weight is 290 g/mol. The van der Waals surface area contributed by atoms with Crippen LogP contribution in [0.2, 0.25) is 0 Å². The topological polar surface area (TPSA) is 48.7 Å². The lowest BCUT2D eigenvalue weighted by atomic mass is 10.0. The molecule has 0 spiro atoms. The molecule has 1 aliphatic heterocycles. The Bertz CT molecular complexity index is 579. The van der Waals surface area contributed by atoms with Crippen LogP contribution in [-0.4, -0.2) is 18.4 Å². The molecule has 0 N–H and O–H groups in total. The van der Waals surface area contributed by atoms with Gasteiger partial charge in [0.1, 0.15) is 5.76 Å². The molecule has 0 saturated carbocycles.